The van der Waals surface area contributed by atoms with Gasteiger partial charge in [0, 0.05) is 0 Å². The molecule has 0 amide bonds. The Labute approximate surface area is 149 Å². The van der Waals surface area contributed by atoms with E-state index in [0.29, 0.717) is 5.56 Å². The van der Waals surface area contributed by atoms with Gasteiger partial charge in [-0.15, -0.1) is 0 Å². The summed E-state index contributed by atoms with van der Waals surface area (Å²) >= 11 is -0.197. The summed E-state index contributed by atoms with van der Waals surface area (Å²) in [7, 11) is 1.81. The molecule has 1 atom stereocenters. The molecule has 1 unspecified atom stereocenters. The fourth-order valence-corrected chi connectivity index (χ4v) is 4.86. The van der Waals surface area contributed by atoms with E-state index in [2.05, 4.69) is 22.2 Å². The molecule has 7 heteroatoms. The van der Waals surface area contributed by atoms with Crippen LogP contribution in [0.1, 0.15) is 22.7 Å². The zero-order chi connectivity index (χ0) is 17.4. The molecule has 0 aliphatic heterocycles. The molecule has 6 nitrogen and oxygen atoms in total. The summed E-state index contributed by atoms with van der Waals surface area (Å²) in [5.74, 6) is 0. The standard InChI is InChI=1S/C18H13N5OSe/c1-22-15-7-6-14(8-16(15)25-18(22)24)17(23-11-20-10-21-23)13-4-2-12(9-19)3-5-13/h2-8,10-11,17H,1H3. The van der Waals surface area contributed by atoms with Crippen LogP contribution in [0, 0.1) is 11.3 Å². The van der Waals surface area contributed by atoms with Gasteiger partial charge in [-0.2, -0.15) is 0 Å². The zero-order valence-corrected chi connectivity index (χ0v) is 15.0. The van der Waals surface area contributed by atoms with Crippen LogP contribution in [-0.2, 0) is 7.05 Å². The normalized spacial score (nSPS) is 12.2. The summed E-state index contributed by atoms with van der Waals surface area (Å²) < 4.78 is 4.74. The van der Waals surface area contributed by atoms with Gasteiger partial charge in [0.25, 0.3) is 0 Å². The van der Waals surface area contributed by atoms with Gasteiger partial charge in [-0.25, -0.2) is 0 Å². The van der Waals surface area contributed by atoms with Crippen molar-refractivity contribution < 1.29 is 0 Å². The van der Waals surface area contributed by atoms with Crippen LogP contribution >= 0.6 is 0 Å². The van der Waals surface area contributed by atoms with Crippen molar-refractivity contribution in [3.8, 4) is 6.07 Å². The summed E-state index contributed by atoms with van der Waals surface area (Å²) in [6, 6.07) is 15.5. The van der Waals surface area contributed by atoms with Crippen LogP contribution in [0.2, 0.25) is 0 Å². The van der Waals surface area contributed by atoms with Gasteiger partial charge in [0.2, 0.25) is 0 Å². The molecule has 4 rings (SSSR count). The molecule has 0 fully saturated rings. The Morgan fingerprint density at radius 1 is 1.16 bits per heavy atom. The number of fused-ring (bicyclic) bond motifs is 1. The second kappa shape index (κ2) is 6.17. The topological polar surface area (TPSA) is 76.5 Å². The number of rotatable bonds is 3. The monoisotopic (exact) mass is 395 g/mol. The van der Waals surface area contributed by atoms with Gasteiger partial charge in [0.15, 0.2) is 0 Å². The molecule has 2 heterocycles. The molecular formula is C18H13N5OSe. The van der Waals surface area contributed by atoms with Crippen molar-refractivity contribution in [2.45, 2.75) is 6.04 Å². The zero-order valence-electron chi connectivity index (χ0n) is 13.3. The van der Waals surface area contributed by atoms with Crippen LogP contribution < -0.4 is 4.43 Å². The number of benzene rings is 2. The minimum absolute atomic E-state index is 0.155. The van der Waals surface area contributed by atoms with E-state index in [-0.39, 0.29) is 25.0 Å². The Balaban J connectivity index is 1.89. The van der Waals surface area contributed by atoms with E-state index in [0.717, 1.165) is 20.9 Å². The molecule has 0 spiro atoms. The number of aryl methyl sites for hydroxylation is 1. The average Bonchev–Trinajstić information content (AvgIpc) is 3.25. The SMILES string of the molecule is Cn1c(=O)[se]c2cc(C(c3ccc(C#N)cc3)n3cncn3)ccc21. The molecule has 25 heavy (non-hydrogen) atoms. The van der Waals surface area contributed by atoms with Crippen LogP contribution in [0.15, 0.2) is 59.9 Å². The molecule has 122 valence electrons. The van der Waals surface area contributed by atoms with Crippen LogP contribution in [0.25, 0.3) is 9.78 Å². The number of nitriles is 1. The first kappa shape index (κ1) is 15.6. The fourth-order valence-electron chi connectivity index (χ4n) is 2.91. The Morgan fingerprint density at radius 2 is 1.92 bits per heavy atom. The van der Waals surface area contributed by atoms with Crippen LogP contribution in [0.4, 0.5) is 0 Å². The van der Waals surface area contributed by atoms with Crippen molar-refractivity contribution in [2.75, 3.05) is 0 Å². The first-order valence-electron chi connectivity index (χ1n) is 7.61. The maximum atomic E-state index is 12.0. The van der Waals surface area contributed by atoms with Crippen molar-refractivity contribution in [3.05, 3.63) is 81.0 Å². The molecule has 0 N–H and O–H groups in total. The Morgan fingerprint density at radius 3 is 2.60 bits per heavy atom. The van der Waals surface area contributed by atoms with Gasteiger partial charge in [0.05, 0.1) is 0 Å². The van der Waals surface area contributed by atoms with E-state index in [9.17, 15) is 4.79 Å². The third-order valence-electron chi connectivity index (χ3n) is 4.19. The van der Waals surface area contributed by atoms with Gasteiger partial charge < -0.3 is 0 Å². The molecular weight excluding hydrogens is 381 g/mol. The van der Waals surface area contributed by atoms with Crippen LogP contribution in [-0.4, -0.2) is 33.8 Å². The fraction of sp³-hybridized carbons (Fsp3) is 0.111. The molecule has 2 aromatic heterocycles. The van der Waals surface area contributed by atoms with Crippen LogP contribution in [0.3, 0.4) is 0 Å². The third-order valence-corrected chi connectivity index (χ3v) is 6.28. The summed E-state index contributed by atoms with van der Waals surface area (Å²) in [4.78, 5) is 16.0. The predicted octanol–water partition coefficient (Wildman–Crippen LogP) is 1.70. The van der Waals surface area contributed by atoms with E-state index < -0.39 is 0 Å². The van der Waals surface area contributed by atoms with E-state index in [4.69, 9.17) is 5.26 Å². The Kier molecular flexibility index (Phi) is 3.84. The van der Waals surface area contributed by atoms with Gasteiger partial charge >= 0.3 is 149 Å². The molecule has 0 bridgehead atoms. The summed E-state index contributed by atoms with van der Waals surface area (Å²) in [6.45, 7) is 0. The van der Waals surface area contributed by atoms with E-state index in [1.54, 1.807) is 27.7 Å². The summed E-state index contributed by atoms with van der Waals surface area (Å²) in [6.07, 6.45) is 3.18. The predicted molar refractivity (Wildman–Crippen MR) is 94.5 cm³/mol. The molecule has 0 radical (unpaired) electrons. The first-order chi connectivity index (χ1) is 12.2. The van der Waals surface area contributed by atoms with Crippen molar-refractivity contribution in [1.82, 2.24) is 19.3 Å². The van der Waals surface area contributed by atoms with Gasteiger partial charge in [-0.1, -0.05) is 0 Å². The number of hydrogen-bond donors (Lipinski definition) is 0. The Bertz CT molecular complexity index is 1130. The number of hydrogen-bond acceptors (Lipinski definition) is 4. The molecule has 0 aliphatic rings. The summed E-state index contributed by atoms with van der Waals surface area (Å²) in [5, 5.41) is 13.3. The second-order valence-corrected chi connectivity index (χ2v) is 7.75. The van der Waals surface area contributed by atoms with Crippen molar-refractivity contribution in [2.24, 2.45) is 7.05 Å². The molecule has 0 saturated heterocycles. The molecule has 0 aliphatic carbocycles. The molecule has 4 aromatic rings. The molecule has 2 aromatic carbocycles. The Hall–Kier alpha value is -2.94. The van der Waals surface area contributed by atoms with Gasteiger partial charge in [-0.05, 0) is 0 Å². The van der Waals surface area contributed by atoms with Crippen molar-refractivity contribution in [3.63, 3.8) is 0 Å². The number of aromatic nitrogens is 4. The van der Waals surface area contributed by atoms with E-state index in [1.807, 2.05) is 31.3 Å². The van der Waals surface area contributed by atoms with Crippen molar-refractivity contribution >= 4 is 24.3 Å². The minimum atomic E-state index is -0.197. The van der Waals surface area contributed by atoms with Crippen LogP contribution in [0.5, 0.6) is 0 Å². The summed E-state index contributed by atoms with van der Waals surface area (Å²) in [5.41, 5.74) is 3.64. The first-order valence-corrected chi connectivity index (χ1v) is 9.32. The quantitative estimate of drug-likeness (QED) is 0.496. The van der Waals surface area contributed by atoms with E-state index in [1.165, 1.54) is 6.33 Å². The molecule has 0 saturated carbocycles. The van der Waals surface area contributed by atoms with Gasteiger partial charge in [0.1, 0.15) is 0 Å². The number of nitrogens with zero attached hydrogens (tertiary/aromatic N) is 5. The van der Waals surface area contributed by atoms with E-state index >= 15 is 0 Å². The maximum absolute atomic E-state index is 12.0. The van der Waals surface area contributed by atoms with Gasteiger partial charge in [-0.3, -0.25) is 0 Å². The third kappa shape index (κ3) is 2.72. The average molecular weight is 394 g/mol. The van der Waals surface area contributed by atoms with Crippen molar-refractivity contribution in [1.29, 1.82) is 5.26 Å². The second-order valence-electron chi connectivity index (χ2n) is 5.67.